The Hall–Kier alpha value is -2.66. The standard InChI is InChI=1S/C32H42N4O4S2/c1-21-31(3,4)25-19-23(7-9-27(25)35(21)13-15-37)29(39)33-11-17-41-42-18-12-34-30(40)24-8-10-28-26(20-24)32(5,6)22(2)36(28)14-16-38/h7-10,19-20,37-38H,11-18H2,1-6H3/p+2. The highest BCUT2D eigenvalue weighted by Crippen LogP contribution is 2.41. The number of nitrogens with one attached hydrogen (secondary N) is 2. The van der Waals surface area contributed by atoms with Gasteiger partial charge in [-0.05, 0) is 52.0 Å². The zero-order valence-corrected chi connectivity index (χ0v) is 27.2. The molecule has 0 aromatic heterocycles. The summed E-state index contributed by atoms with van der Waals surface area (Å²) in [4.78, 5) is 25.6. The fourth-order valence-corrected chi connectivity index (χ4v) is 7.58. The van der Waals surface area contributed by atoms with Crippen molar-refractivity contribution in [2.24, 2.45) is 0 Å². The topological polar surface area (TPSA) is 105 Å². The van der Waals surface area contributed by atoms with E-state index in [1.54, 1.807) is 21.6 Å². The first kappa shape index (κ1) is 32.3. The predicted octanol–water partition coefficient (Wildman–Crippen LogP) is 4.00. The van der Waals surface area contributed by atoms with E-state index in [0.29, 0.717) is 37.3 Å². The van der Waals surface area contributed by atoms with Gasteiger partial charge in [0.05, 0.1) is 10.8 Å². The smallest absolute Gasteiger partial charge is 0.251 e. The second kappa shape index (κ2) is 13.3. The minimum atomic E-state index is -0.195. The molecule has 0 radical (unpaired) electrons. The molecule has 10 heteroatoms. The van der Waals surface area contributed by atoms with Gasteiger partial charge < -0.3 is 20.8 Å². The molecule has 0 aliphatic carbocycles. The van der Waals surface area contributed by atoms with Crippen LogP contribution in [0.5, 0.6) is 0 Å². The van der Waals surface area contributed by atoms with Crippen LogP contribution in [0, 0.1) is 0 Å². The second-order valence-electron chi connectivity index (χ2n) is 11.8. The Morgan fingerprint density at radius 1 is 0.714 bits per heavy atom. The van der Waals surface area contributed by atoms with Crippen molar-refractivity contribution in [1.82, 2.24) is 10.6 Å². The first-order valence-corrected chi connectivity index (χ1v) is 17.0. The second-order valence-corrected chi connectivity index (χ2v) is 14.5. The Kier molecular flexibility index (Phi) is 10.2. The van der Waals surface area contributed by atoms with Gasteiger partial charge >= 0.3 is 0 Å². The summed E-state index contributed by atoms with van der Waals surface area (Å²) in [5, 5.41) is 25.0. The molecular weight excluding hydrogens is 569 g/mol. The van der Waals surface area contributed by atoms with Gasteiger partial charge in [-0.3, -0.25) is 9.59 Å². The van der Waals surface area contributed by atoms with E-state index < -0.39 is 0 Å². The lowest BCUT2D eigenvalue weighted by Gasteiger charge is -2.16. The van der Waals surface area contributed by atoms with Crippen molar-refractivity contribution >= 4 is 56.2 Å². The zero-order chi connectivity index (χ0) is 30.7. The number of aliphatic hydroxyl groups is 2. The number of nitrogens with zero attached hydrogens (tertiary/aromatic N) is 2. The maximum atomic E-state index is 12.8. The van der Waals surface area contributed by atoms with Gasteiger partial charge in [0, 0.05) is 72.8 Å². The molecule has 2 aliphatic heterocycles. The number of benzene rings is 2. The third-order valence-corrected chi connectivity index (χ3v) is 11.1. The summed E-state index contributed by atoms with van der Waals surface area (Å²) in [5.41, 5.74) is 7.56. The molecule has 2 heterocycles. The number of β-amino-alcohol motifs (C(OH)–C–C–N with tert-alkyl or cyclic N) is 2. The van der Waals surface area contributed by atoms with Crippen LogP contribution in [0.4, 0.5) is 11.4 Å². The molecule has 8 nitrogen and oxygen atoms in total. The number of amides is 2. The van der Waals surface area contributed by atoms with Crippen molar-refractivity contribution in [3.8, 4) is 0 Å². The molecule has 2 aliphatic rings. The maximum absolute atomic E-state index is 12.8. The molecule has 0 saturated heterocycles. The summed E-state index contributed by atoms with van der Waals surface area (Å²) in [6.07, 6.45) is 0. The van der Waals surface area contributed by atoms with Crippen LogP contribution < -0.4 is 10.6 Å². The summed E-state index contributed by atoms with van der Waals surface area (Å²) in [6, 6.07) is 11.6. The number of carbonyl (C=O) groups is 2. The summed E-state index contributed by atoms with van der Waals surface area (Å²) < 4.78 is 4.26. The number of hydrogen-bond donors (Lipinski definition) is 4. The molecule has 0 atom stereocenters. The fraction of sp³-hybridized carbons (Fsp3) is 0.500. The quantitative estimate of drug-likeness (QED) is 0.155. The molecule has 2 aromatic rings. The lowest BCUT2D eigenvalue weighted by molar-refractivity contribution is -0.442. The van der Waals surface area contributed by atoms with Gasteiger partial charge in [0.1, 0.15) is 13.2 Å². The van der Waals surface area contributed by atoms with Crippen LogP contribution in [0.15, 0.2) is 36.4 Å². The Labute approximate surface area is 257 Å². The third kappa shape index (κ3) is 6.32. The van der Waals surface area contributed by atoms with Gasteiger partial charge in [0.25, 0.3) is 11.8 Å². The molecule has 2 aromatic carbocycles. The maximum Gasteiger partial charge on any atom is 0.251 e. The first-order chi connectivity index (χ1) is 19.9. The molecule has 0 bridgehead atoms. The predicted molar refractivity (Wildman–Crippen MR) is 174 cm³/mol. The van der Waals surface area contributed by atoms with Crippen molar-refractivity contribution < 1.29 is 29.0 Å². The molecule has 0 spiro atoms. The van der Waals surface area contributed by atoms with Crippen LogP contribution in [0.25, 0.3) is 0 Å². The van der Waals surface area contributed by atoms with Crippen molar-refractivity contribution in [3.05, 3.63) is 58.7 Å². The van der Waals surface area contributed by atoms with Gasteiger partial charge in [0.15, 0.2) is 24.5 Å². The number of aliphatic hydroxyl groups excluding tert-OH is 2. The monoisotopic (exact) mass is 612 g/mol. The highest BCUT2D eigenvalue weighted by molar-refractivity contribution is 8.76. The van der Waals surface area contributed by atoms with Gasteiger partial charge in [-0.15, -0.1) is 0 Å². The molecule has 42 heavy (non-hydrogen) atoms. The highest BCUT2D eigenvalue weighted by Gasteiger charge is 2.44. The molecule has 4 N–H and O–H groups in total. The fourth-order valence-electron chi connectivity index (χ4n) is 5.76. The van der Waals surface area contributed by atoms with E-state index in [9.17, 15) is 19.8 Å². The number of rotatable bonds is 13. The minimum Gasteiger partial charge on any atom is -0.390 e. The van der Waals surface area contributed by atoms with Crippen molar-refractivity contribution in [2.45, 2.75) is 52.4 Å². The SMILES string of the molecule is CC1=[N+](CCO)c2ccc(C(=O)NCCSSCCNC(=O)c3ccc4c(c3)C(C)(C)C(C)=[N+]4CCO)cc2C1(C)C. The number of carbonyl (C=O) groups excluding carboxylic acids is 2. The highest BCUT2D eigenvalue weighted by atomic mass is 33.1. The zero-order valence-electron chi connectivity index (χ0n) is 25.5. The summed E-state index contributed by atoms with van der Waals surface area (Å²) in [6.45, 7) is 15.1. The normalized spacial score (nSPS) is 16.5. The number of hydrogen-bond acceptors (Lipinski definition) is 6. The molecule has 2 amide bonds. The molecule has 0 unspecified atom stereocenters. The average Bonchev–Trinajstić information content (AvgIpc) is 3.28. The Morgan fingerprint density at radius 2 is 1.10 bits per heavy atom. The van der Waals surface area contributed by atoms with E-state index in [0.717, 1.165) is 34.0 Å². The Bertz CT molecular complexity index is 1320. The van der Waals surface area contributed by atoms with Gasteiger partial charge in [-0.2, -0.15) is 9.15 Å². The lowest BCUT2D eigenvalue weighted by atomic mass is 9.81. The molecule has 4 rings (SSSR count). The van der Waals surface area contributed by atoms with Gasteiger partial charge in [-0.25, -0.2) is 0 Å². The minimum absolute atomic E-state index is 0.0780. The van der Waals surface area contributed by atoms with Crippen molar-refractivity contribution in [3.63, 3.8) is 0 Å². The van der Waals surface area contributed by atoms with Crippen LogP contribution >= 0.6 is 21.6 Å². The van der Waals surface area contributed by atoms with Crippen molar-refractivity contribution in [2.75, 3.05) is 50.9 Å². The van der Waals surface area contributed by atoms with E-state index in [-0.39, 0.29) is 35.9 Å². The Morgan fingerprint density at radius 3 is 1.45 bits per heavy atom. The summed E-state index contributed by atoms with van der Waals surface area (Å²) >= 11 is 0. The Balaban J connectivity index is 1.18. The van der Waals surface area contributed by atoms with Crippen LogP contribution in [0.2, 0.25) is 0 Å². The van der Waals surface area contributed by atoms with E-state index in [4.69, 9.17) is 0 Å². The van der Waals surface area contributed by atoms with E-state index in [2.05, 4.69) is 61.3 Å². The van der Waals surface area contributed by atoms with Crippen LogP contribution in [0.3, 0.4) is 0 Å². The first-order valence-electron chi connectivity index (χ1n) is 14.5. The van der Waals surface area contributed by atoms with Crippen LogP contribution in [0.1, 0.15) is 73.4 Å². The van der Waals surface area contributed by atoms with Gasteiger partial charge in [-0.1, -0.05) is 21.6 Å². The largest absolute Gasteiger partial charge is 0.390 e. The van der Waals surface area contributed by atoms with E-state index in [1.165, 1.54) is 11.4 Å². The molecule has 0 saturated carbocycles. The average molecular weight is 613 g/mol. The van der Waals surface area contributed by atoms with E-state index >= 15 is 0 Å². The lowest BCUT2D eigenvalue weighted by Crippen LogP contribution is -2.28. The van der Waals surface area contributed by atoms with Crippen molar-refractivity contribution in [1.29, 1.82) is 0 Å². The molecular formula is C32H44N4O4S2+2. The summed E-state index contributed by atoms with van der Waals surface area (Å²) in [5.74, 6) is 1.35. The molecule has 0 fully saturated rings. The van der Waals surface area contributed by atoms with Gasteiger partial charge in [0.2, 0.25) is 11.4 Å². The van der Waals surface area contributed by atoms with E-state index in [1.807, 2.05) is 36.4 Å². The molecule has 226 valence electrons. The third-order valence-electron chi connectivity index (χ3n) is 8.74. The van der Waals surface area contributed by atoms with Crippen LogP contribution in [-0.2, 0) is 10.8 Å². The van der Waals surface area contributed by atoms with Crippen LogP contribution in [-0.4, -0.2) is 93.5 Å². The summed E-state index contributed by atoms with van der Waals surface area (Å²) in [7, 11) is 3.35. The number of fused-ring (bicyclic) bond motifs is 2.